The van der Waals surface area contributed by atoms with E-state index in [-0.39, 0.29) is 19.8 Å². The summed E-state index contributed by atoms with van der Waals surface area (Å²) in [6.07, 6.45) is -4.48. The van der Waals surface area contributed by atoms with E-state index < -0.39 is 54.5 Å². The van der Waals surface area contributed by atoms with Gasteiger partial charge in [-0.2, -0.15) is 0 Å². The zero-order valence-corrected chi connectivity index (χ0v) is 19.4. The number of ether oxygens (including phenoxy) is 7. The second-order valence-electron chi connectivity index (χ2n) is 7.10. The number of rotatable bonds is 14. The summed E-state index contributed by atoms with van der Waals surface area (Å²) in [5.41, 5.74) is 5.33. The Morgan fingerprint density at radius 1 is 0.818 bits per heavy atom. The van der Waals surface area contributed by atoms with Crippen LogP contribution in [0.15, 0.2) is 0 Å². The van der Waals surface area contributed by atoms with E-state index in [4.69, 9.17) is 38.9 Å². The molecule has 0 aromatic carbocycles. The van der Waals surface area contributed by atoms with Gasteiger partial charge in [0.15, 0.2) is 18.5 Å². The second-order valence-corrected chi connectivity index (χ2v) is 7.10. The van der Waals surface area contributed by atoms with Crippen molar-refractivity contribution in [2.24, 2.45) is 5.73 Å². The molecule has 1 aliphatic rings. The van der Waals surface area contributed by atoms with Crippen LogP contribution in [0.3, 0.4) is 0 Å². The fourth-order valence-electron chi connectivity index (χ4n) is 3.06. The third-order valence-electron chi connectivity index (χ3n) is 4.22. The van der Waals surface area contributed by atoms with Crippen LogP contribution in [0.5, 0.6) is 0 Å². The van der Waals surface area contributed by atoms with E-state index in [2.05, 4.69) is 5.32 Å². The Labute approximate surface area is 192 Å². The first-order chi connectivity index (χ1) is 15.6. The molecular weight excluding hydrogens is 444 g/mol. The lowest BCUT2D eigenvalue weighted by Gasteiger charge is -2.44. The molecule has 0 aromatic rings. The average Bonchev–Trinajstić information content (AvgIpc) is 2.71. The molecule has 5 unspecified atom stereocenters. The standard InChI is InChI=1S/C20H34N2O11/c1-12(23)22-17-19(32-15(4)26)18(31-14(3)25)16(11-30-13(2)24)33-20(17)29-10-9-28-8-7-27-6-5-21/h16-20H,5-11,21H2,1-4H3,(H,22,23). The third-order valence-corrected chi connectivity index (χ3v) is 4.22. The number of nitrogens with two attached hydrogens (primary N) is 1. The number of carbonyl (C=O) groups is 4. The lowest BCUT2D eigenvalue weighted by Crippen LogP contribution is -2.66. The maximum Gasteiger partial charge on any atom is 0.303 e. The highest BCUT2D eigenvalue weighted by molar-refractivity contribution is 5.73. The fraction of sp³-hybridized carbons (Fsp3) is 0.800. The summed E-state index contributed by atoms with van der Waals surface area (Å²) in [6.45, 7) is 6.28. The second kappa shape index (κ2) is 15.5. The van der Waals surface area contributed by atoms with Crippen molar-refractivity contribution < 1.29 is 52.3 Å². The largest absolute Gasteiger partial charge is 0.463 e. The van der Waals surface area contributed by atoms with E-state index in [1.807, 2.05) is 0 Å². The lowest BCUT2D eigenvalue weighted by atomic mass is 9.96. The first-order valence-electron chi connectivity index (χ1n) is 10.5. The maximum atomic E-state index is 11.8. The van der Waals surface area contributed by atoms with Crippen molar-refractivity contribution in [1.82, 2.24) is 5.32 Å². The van der Waals surface area contributed by atoms with Crippen molar-refractivity contribution in [2.75, 3.05) is 46.2 Å². The van der Waals surface area contributed by atoms with Crippen molar-refractivity contribution in [2.45, 2.75) is 58.3 Å². The lowest BCUT2D eigenvalue weighted by molar-refractivity contribution is -0.279. The average molecular weight is 478 g/mol. The molecule has 0 aromatic heterocycles. The summed E-state index contributed by atoms with van der Waals surface area (Å²) in [5.74, 6) is -2.40. The molecule has 33 heavy (non-hydrogen) atoms. The highest BCUT2D eigenvalue weighted by Crippen LogP contribution is 2.28. The Hall–Kier alpha value is -2.32. The molecule has 1 amide bonds. The topological polar surface area (TPSA) is 171 Å². The molecule has 0 bridgehead atoms. The number of hydrogen-bond acceptors (Lipinski definition) is 12. The predicted octanol–water partition coefficient (Wildman–Crippen LogP) is -1.35. The van der Waals surface area contributed by atoms with Crippen LogP contribution in [0.1, 0.15) is 27.7 Å². The van der Waals surface area contributed by atoms with Crippen LogP contribution >= 0.6 is 0 Å². The number of carbonyl (C=O) groups excluding carboxylic acids is 4. The van der Waals surface area contributed by atoms with Crippen LogP contribution in [-0.2, 0) is 52.3 Å². The van der Waals surface area contributed by atoms with Gasteiger partial charge in [0.25, 0.3) is 0 Å². The van der Waals surface area contributed by atoms with Gasteiger partial charge < -0.3 is 44.2 Å². The Kier molecular flexibility index (Phi) is 13.5. The minimum Gasteiger partial charge on any atom is -0.463 e. The first kappa shape index (κ1) is 28.7. The molecule has 0 saturated carbocycles. The van der Waals surface area contributed by atoms with Crippen LogP contribution in [0.2, 0.25) is 0 Å². The van der Waals surface area contributed by atoms with E-state index in [1.54, 1.807) is 0 Å². The Morgan fingerprint density at radius 3 is 1.94 bits per heavy atom. The summed E-state index contributed by atoms with van der Waals surface area (Å²) in [6, 6.07) is -1.02. The molecule has 0 aliphatic carbocycles. The van der Waals surface area contributed by atoms with Crippen LogP contribution < -0.4 is 11.1 Å². The fourth-order valence-corrected chi connectivity index (χ4v) is 3.06. The predicted molar refractivity (Wildman–Crippen MR) is 111 cm³/mol. The summed E-state index contributed by atoms with van der Waals surface area (Å²) in [4.78, 5) is 46.6. The maximum absolute atomic E-state index is 11.8. The molecule has 1 fully saturated rings. The SMILES string of the molecule is CC(=O)NC1C(OCCOCCOCCN)OC(COC(C)=O)C(OC(C)=O)C1OC(C)=O. The van der Waals surface area contributed by atoms with Crippen LogP contribution in [-0.4, -0.2) is 101 Å². The minimum atomic E-state index is -1.17. The van der Waals surface area contributed by atoms with Crippen LogP contribution in [0, 0.1) is 0 Å². The van der Waals surface area contributed by atoms with Gasteiger partial charge in [0.2, 0.25) is 5.91 Å². The van der Waals surface area contributed by atoms with E-state index in [0.29, 0.717) is 26.4 Å². The summed E-state index contributed by atoms with van der Waals surface area (Å²) in [7, 11) is 0. The van der Waals surface area contributed by atoms with Crippen molar-refractivity contribution >= 4 is 23.8 Å². The third kappa shape index (κ3) is 11.4. The van der Waals surface area contributed by atoms with Gasteiger partial charge in [0.1, 0.15) is 18.8 Å². The number of amides is 1. The zero-order chi connectivity index (χ0) is 24.8. The first-order valence-corrected chi connectivity index (χ1v) is 10.5. The van der Waals surface area contributed by atoms with Gasteiger partial charge in [-0.25, -0.2) is 0 Å². The van der Waals surface area contributed by atoms with Gasteiger partial charge in [0, 0.05) is 34.2 Å². The van der Waals surface area contributed by atoms with Gasteiger partial charge in [-0.15, -0.1) is 0 Å². The van der Waals surface area contributed by atoms with Gasteiger partial charge in [0.05, 0.1) is 33.0 Å². The van der Waals surface area contributed by atoms with Crippen LogP contribution in [0.4, 0.5) is 0 Å². The summed E-state index contributed by atoms with van der Waals surface area (Å²) < 4.78 is 37.9. The molecule has 1 saturated heterocycles. The van der Waals surface area contributed by atoms with Crippen molar-refractivity contribution in [3.63, 3.8) is 0 Å². The monoisotopic (exact) mass is 478 g/mol. The van der Waals surface area contributed by atoms with Crippen LogP contribution in [0.25, 0.3) is 0 Å². The molecule has 13 nitrogen and oxygen atoms in total. The normalized spacial score (nSPS) is 24.6. The zero-order valence-electron chi connectivity index (χ0n) is 19.4. The van der Waals surface area contributed by atoms with Gasteiger partial charge in [-0.3, -0.25) is 19.2 Å². The van der Waals surface area contributed by atoms with Crippen molar-refractivity contribution in [3.05, 3.63) is 0 Å². The van der Waals surface area contributed by atoms with Crippen molar-refractivity contribution in [1.29, 1.82) is 0 Å². The summed E-state index contributed by atoms with van der Waals surface area (Å²) in [5, 5.41) is 2.61. The molecule has 1 aliphatic heterocycles. The molecule has 1 heterocycles. The highest BCUT2D eigenvalue weighted by atomic mass is 16.7. The molecule has 5 atom stereocenters. The van der Waals surface area contributed by atoms with E-state index >= 15 is 0 Å². The Morgan fingerprint density at radius 2 is 1.39 bits per heavy atom. The smallest absolute Gasteiger partial charge is 0.303 e. The van der Waals surface area contributed by atoms with Gasteiger partial charge in [-0.1, -0.05) is 0 Å². The summed E-state index contributed by atoms with van der Waals surface area (Å²) >= 11 is 0. The molecule has 13 heteroatoms. The van der Waals surface area contributed by atoms with Gasteiger partial charge >= 0.3 is 17.9 Å². The molecule has 1 rings (SSSR count). The Bertz CT molecular complexity index is 646. The van der Waals surface area contributed by atoms with E-state index in [9.17, 15) is 19.2 Å². The molecule has 0 radical (unpaired) electrons. The number of nitrogens with one attached hydrogen (secondary N) is 1. The highest BCUT2D eigenvalue weighted by Gasteiger charge is 2.51. The molecule has 190 valence electrons. The number of esters is 3. The van der Waals surface area contributed by atoms with E-state index in [1.165, 1.54) is 20.8 Å². The van der Waals surface area contributed by atoms with Crippen molar-refractivity contribution in [3.8, 4) is 0 Å². The quantitative estimate of drug-likeness (QED) is 0.171. The van der Waals surface area contributed by atoms with Gasteiger partial charge in [-0.05, 0) is 0 Å². The Balaban J connectivity index is 2.95. The van der Waals surface area contributed by atoms with E-state index in [0.717, 1.165) is 6.92 Å². The molecule has 3 N–H and O–H groups in total. The number of hydrogen-bond donors (Lipinski definition) is 2. The molecular formula is C20H34N2O11. The minimum absolute atomic E-state index is 0.0585. The molecule has 0 spiro atoms.